The van der Waals surface area contributed by atoms with Gasteiger partial charge in [0.25, 0.3) is 5.91 Å². The van der Waals surface area contributed by atoms with Crippen LogP contribution in [0.1, 0.15) is 17.3 Å². The molecule has 1 heterocycles. The molecule has 1 aromatic carbocycles. The lowest BCUT2D eigenvalue weighted by Gasteiger charge is -2.24. The molecule has 0 aliphatic carbocycles. The SMILES string of the molecule is C[C@@H](C[S@@](C)=O)N(C)C(=O)c1cc(F)cc2cccnc12. The molecule has 0 N–H and O–H groups in total. The average molecular weight is 308 g/mol. The molecular weight excluding hydrogens is 291 g/mol. The van der Waals surface area contributed by atoms with Gasteiger partial charge in [0.2, 0.25) is 0 Å². The zero-order valence-electron chi connectivity index (χ0n) is 12.2. The summed E-state index contributed by atoms with van der Waals surface area (Å²) in [6.45, 7) is 1.81. The van der Waals surface area contributed by atoms with Gasteiger partial charge in [0, 0.05) is 47.5 Å². The molecule has 0 fully saturated rings. The molecule has 0 saturated carbocycles. The van der Waals surface area contributed by atoms with Crippen LogP contribution in [0.4, 0.5) is 4.39 Å². The highest BCUT2D eigenvalue weighted by molar-refractivity contribution is 7.84. The fourth-order valence-corrected chi connectivity index (χ4v) is 3.06. The Labute approximate surface area is 125 Å². The van der Waals surface area contributed by atoms with Crippen molar-refractivity contribution < 1.29 is 13.4 Å². The molecule has 0 spiro atoms. The number of benzene rings is 1. The van der Waals surface area contributed by atoms with E-state index in [0.29, 0.717) is 16.7 Å². The third-order valence-electron chi connectivity index (χ3n) is 3.36. The summed E-state index contributed by atoms with van der Waals surface area (Å²) in [5, 5.41) is 0.584. The summed E-state index contributed by atoms with van der Waals surface area (Å²) < 4.78 is 25.0. The van der Waals surface area contributed by atoms with Crippen LogP contribution in [-0.4, -0.2) is 45.1 Å². The summed E-state index contributed by atoms with van der Waals surface area (Å²) in [6.07, 6.45) is 3.16. The number of nitrogens with zero attached hydrogens (tertiary/aromatic N) is 2. The van der Waals surface area contributed by atoms with Gasteiger partial charge in [-0.1, -0.05) is 6.07 Å². The van der Waals surface area contributed by atoms with E-state index < -0.39 is 16.6 Å². The Kier molecular flexibility index (Phi) is 4.67. The van der Waals surface area contributed by atoms with Gasteiger partial charge < -0.3 is 4.90 Å². The second kappa shape index (κ2) is 6.30. The van der Waals surface area contributed by atoms with E-state index in [9.17, 15) is 13.4 Å². The van der Waals surface area contributed by atoms with E-state index in [1.54, 1.807) is 31.6 Å². The van der Waals surface area contributed by atoms with Gasteiger partial charge >= 0.3 is 0 Å². The summed E-state index contributed by atoms with van der Waals surface area (Å²) in [4.78, 5) is 18.2. The minimum absolute atomic E-state index is 0.203. The second-order valence-corrected chi connectivity index (χ2v) is 6.51. The van der Waals surface area contributed by atoms with Crippen molar-refractivity contribution in [2.24, 2.45) is 0 Å². The number of aromatic nitrogens is 1. The first-order valence-corrected chi connectivity index (χ1v) is 8.24. The van der Waals surface area contributed by atoms with E-state index in [1.165, 1.54) is 17.0 Å². The largest absolute Gasteiger partial charge is 0.338 e. The standard InChI is InChI=1S/C15H17FN2O2S/c1-10(9-21(3)20)18(2)15(19)13-8-12(16)7-11-5-4-6-17-14(11)13/h4-8,10H,9H2,1-3H3/t10-,21+/m0/s1. The van der Waals surface area contributed by atoms with Crippen LogP contribution in [-0.2, 0) is 10.8 Å². The van der Waals surface area contributed by atoms with Gasteiger partial charge in [-0.3, -0.25) is 14.0 Å². The Balaban J connectivity index is 2.41. The molecule has 21 heavy (non-hydrogen) atoms. The third kappa shape index (κ3) is 3.44. The summed E-state index contributed by atoms with van der Waals surface area (Å²) >= 11 is 0. The van der Waals surface area contributed by atoms with Crippen molar-refractivity contribution in [3.8, 4) is 0 Å². The predicted molar refractivity (Wildman–Crippen MR) is 82.2 cm³/mol. The number of hydrogen-bond donors (Lipinski definition) is 0. The zero-order chi connectivity index (χ0) is 15.6. The van der Waals surface area contributed by atoms with E-state index in [0.717, 1.165) is 0 Å². The van der Waals surface area contributed by atoms with Gasteiger partial charge in [0.05, 0.1) is 11.1 Å². The van der Waals surface area contributed by atoms with E-state index in [-0.39, 0.29) is 17.5 Å². The number of carbonyl (C=O) groups excluding carboxylic acids is 1. The summed E-state index contributed by atoms with van der Waals surface area (Å²) in [5.41, 5.74) is 0.697. The molecule has 4 nitrogen and oxygen atoms in total. The van der Waals surface area contributed by atoms with Crippen LogP contribution in [0.25, 0.3) is 10.9 Å². The topological polar surface area (TPSA) is 50.3 Å². The maximum Gasteiger partial charge on any atom is 0.256 e. The van der Waals surface area contributed by atoms with Crippen LogP contribution in [0.5, 0.6) is 0 Å². The summed E-state index contributed by atoms with van der Waals surface area (Å²) in [6, 6.07) is 5.76. The number of pyridine rings is 1. The molecule has 2 rings (SSSR count). The van der Waals surface area contributed by atoms with Gasteiger partial charge in [-0.05, 0) is 25.1 Å². The molecule has 6 heteroatoms. The van der Waals surface area contributed by atoms with Crippen LogP contribution in [0, 0.1) is 5.82 Å². The molecule has 0 radical (unpaired) electrons. The van der Waals surface area contributed by atoms with Crippen LogP contribution in [0.15, 0.2) is 30.5 Å². The monoisotopic (exact) mass is 308 g/mol. The molecule has 0 unspecified atom stereocenters. The molecule has 2 atom stereocenters. The van der Waals surface area contributed by atoms with Gasteiger partial charge in [0.1, 0.15) is 5.82 Å². The molecular formula is C15H17FN2O2S. The highest BCUT2D eigenvalue weighted by Gasteiger charge is 2.21. The van der Waals surface area contributed by atoms with Gasteiger partial charge in [-0.2, -0.15) is 0 Å². The first kappa shape index (κ1) is 15.6. The third-order valence-corrected chi connectivity index (χ3v) is 4.31. The van der Waals surface area contributed by atoms with Gasteiger partial charge in [-0.15, -0.1) is 0 Å². The number of carbonyl (C=O) groups is 1. The van der Waals surface area contributed by atoms with Crippen molar-refractivity contribution in [1.29, 1.82) is 0 Å². The lowest BCUT2D eigenvalue weighted by atomic mass is 10.1. The smallest absolute Gasteiger partial charge is 0.256 e. The van der Waals surface area contributed by atoms with E-state index in [1.807, 2.05) is 6.92 Å². The fraction of sp³-hybridized carbons (Fsp3) is 0.333. The number of rotatable bonds is 4. The number of fused-ring (bicyclic) bond motifs is 1. The normalized spacial score (nSPS) is 13.9. The predicted octanol–water partition coefficient (Wildman–Crippen LogP) is 2.21. The Bertz CT molecular complexity index is 705. The molecule has 112 valence electrons. The molecule has 2 aromatic rings. The lowest BCUT2D eigenvalue weighted by Crippen LogP contribution is -2.38. The molecule has 0 saturated heterocycles. The van der Waals surface area contributed by atoms with Gasteiger partial charge in [0.15, 0.2) is 0 Å². The maximum atomic E-state index is 13.7. The number of halogens is 1. The molecule has 1 aromatic heterocycles. The second-order valence-electron chi connectivity index (χ2n) is 5.03. The average Bonchev–Trinajstić information content (AvgIpc) is 2.44. The van der Waals surface area contributed by atoms with Crippen molar-refractivity contribution >= 4 is 27.6 Å². The Morgan fingerprint density at radius 3 is 2.86 bits per heavy atom. The highest BCUT2D eigenvalue weighted by Crippen LogP contribution is 2.20. The van der Waals surface area contributed by atoms with Gasteiger partial charge in [-0.25, -0.2) is 4.39 Å². The van der Waals surface area contributed by atoms with E-state index in [2.05, 4.69) is 4.98 Å². The number of amides is 1. The van der Waals surface area contributed by atoms with E-state index in [4.69, 9.17) is 0 Å². The Morgan fingerprint density at radius 1 is 1.48 bits per heavy atom. The van der Waals surface area contributed by atoms with Crippen LogP contribution >= 0.6 is 0 Å². The van der Waals surface area contributed by atoms with Crippen molar-refractivity contribution in [1.82, 2.24) is 9.88 Å². The minimum Gasteiger partial charge on any atom is -0.338 e. The zero-order valence-corrected chi connectivity index (χ0v) is 13.0. The first-order chi connectivity index (χ1) is 9.90. The van der Waals surface area contributed by atoms with Crippen molar-refractivity contribution in [3.63, 3.8) is 0 Å². The number of hydrogen-bond acceptors (Lipinski definition) is 3. The quantitative estimate of drug-likeness (QED) is 0.870. The Hall–Kier alpha value is -1.82. The molecule has 0 aliphatic heterocycles. The Morgan fingerprint density at radius 2 is 2.19 bits per heavy atom. The van der Waals surface area contributed by atoms with Crippen molar-refractivity contribution in [2.45, 2.75) is 13.0 Å². The van der Waals surface area contributed by atoms with Crippen molar-refractivity contribution in [2.75, 3.05) is 19.1 Å². The molecule has 1 amide bonds. The summed E-state index contributed by atoms with van der Waals surface area (Å²) in [7, 11) is 0.620. The minimum atomic E-state index is -1.00. The molecule has 0 bridgehead atoms. The van der Waals surface area contributed by atoms with E-state index >= 15 is 0 Å². The van der Waals surface area contributed by atoms with Crippen LogP contribution in [0.3, 0.4) is 0 Å². The highest BCUT2D eigenvalue weighted by atomic mass is 32.2. The summed E-state index contributed by atoms with van der Waals surface area (Å²) in [5.74, 6) is -0.418. The van der Waals surface area contributed by atoms with Crippen LogP contribution in [0.2, 0.25) is 0 Å². The first-order valence-electron chi connectivity index (χ1n) is 6.51. The lowest BCUT2D eigenvalue weighted by molar-refractivity contribution is 0.0758. The molecule has 0 aliphatic rings. The van der Waals surface area contributed by atoms with Crippen molar-refractivity contribution in [3.05, 3.63) is 41.8 Å². The fourth-order valence-electron chi connectivity index (χ4n) is 2.16. The van der Waals surface area contributed by atoms with Crippen LogP contribution < -0.4 is 0 Å². The maximum absolute atomic E-state index is 13.7.